The summed E-state index contributed by atoms with van der Waals surface area (Å²) in [6.45, 7) is 3.85. The molecule has 0 saturated heterocycles. The van der Waals surface area contributed by atoms with Crippen molar-refractivity contribution in [1.29, 1.82) is 0 Å². The molecule has 0 saturated carbocycles. The second-order valence-electron chi connectivity index (χ2n) is 6.03. The van der Waals surface area contributed by atoms with Gasteiger partial charge in [0, 0.05) is 11.5 Å². The van der Waals surface area contributed by atoms with Crippen LogP contribution in [0.2, 0.25) is 0 Å². The van der Waals surface area contributed by atoms with E-state index in [1.807, 2.05) is 13.8 Å². The Morgan fingerprint density at radius 3 is 2.24 bits per heavy atom. The summed E-state index contributed by atoms with van der Waals surface area (Å²) >= 11 is 0. The van der Waals surface area contributed by atoms with Crippen molar-refractivity contribution >= 4 is 11.6 Å². The number of benzene rings is 2. The van der Waals surface area contributed by atoms with Gasteiger partial charge in [0.2, 0.25) is 0 Å². The molecule has 3 N–H and O–H groups in total. The maximum Gasteiger partial charge on any atom is 0.279 e. The van der Waals surface area contributed by atoms with Crippen LogP contribution in [0.1, 0.15) is 25.5 Å². The lowest BCUT2D eigenvalue weighted by Gasteiger charge is -2.19. The van der Waals surface area contributed by atoms with Crippen molar-refractivity contribution < 1.29 is 27.7 Å². The third kappa shape index (κ3) is 4.79. The number of nitrogens with one attached hydrogen (secondary N) is 1. The molecule has 134 valence electrons. The molecule has 0 bridgehead atoms. The van der Waals surface area contributed by atoms with Crippen LogP contribution in [0.5, 0.6) is 0 Å². The number of amides is 1. The number of anilines is 1. The predicted molar refractivity (Wildman–Crippen MR) is 85.7 cm³/mol. The fourth-order valence-corrected chi connectivity index (χ4v) is 2.54. The molecule has 2 rings (SSSR count). The van der Waals surface area contributed by atoms with E-state index < -0.39 is 29.0 Å². The van der Waals surface area contributed by atoms with E-state index in [9.17, 15) is 22.4 Å². The van der Waals surface area contributed by atoms with Gasteiger partial charge in [0.05, 0.1) is 5.69 Å². The Balaban J connectivity index is 2.02. The molecule has 0 aliphatic rings. The van der Waals surface area contributed by atoms with Crippen molar-refractivity contribution in [3.8, 4) is 0 Å². The standard InChI is InChI=1S/C18H18F4N2O/c1-10(2)18(11-3-5-12(19)6-4-11)23-9-15(25)24-14-8-7-13(20)16(21)17(14)22/h3-8,10,18,23H,9H2,1-2H3,(H,24,25)/p+1/t18-/m1/s1. The van der Waals surface area contributed by atoms with Crippen LogP contribution < -0.4 is 10.6 Å². The van der Waals surface area contributed by atoms with Crippen molar-refractivity contribution in [1.82, 2.24) is 0 Å². The van der Waals surface area contributed by atoms with Gasteiger partial charge in [0.15, 0.2) is 24.0 Å². The van der Waals surface area contributed by atoms with Crippen LogP contribution in [0.25, 0.3) is 0 Å². The topological polar surface area (TPSA) is 45.7 Å². The number of rotatable bonds is 6. The zero-order chi connectivity index (χ0) is 18.6. The largest absolute Gasteiger partial charge is 0.332 e. The summed E-state index contributed by atoms with van der Waals surface area (Å²) in [5.74, 6) is -5.15. The molecule has 0 aliphatic heterocycles. The van der Waals surface area contributed by atoms with E-state index in [0.717, 1.165) is 17.7 Å². The monoisotopic (exact) mass is 355 g/mol. The molecular weight excluding hydrogens is 336 g/mol. The first kappa shape index (κ1) is 18.9. The van der Waals surface area contributed by atoms with Crippen molar-refractivity contribution in [3.05, 3.63) is 65.2 Å². The maximum absolute atomic E-state index is 13.6. The summed E-state index contributed by atoms with van der Waals surface area (Å²) in [7, 11) is 0. The third-order valence-corrected chi connectivity index (χ3v) is 3.84. The van der Waals surface area contributed by atoms with Crippen LogP contribution in [0, 0.1) is 29.2 Å². The lowest BCUT2D eigenvalue weighted by atomic mass is 9.96. The van der Waals surface area contributed by atoms with Gasteiger partial charge in [-0.3, -0.25) is 4.79 Å². The lowest BCUT2D eigenvalue weighted by Crippen LogP contribution is -2.88. The Kier molecular flexibility index (Phi) is 6.14. The van der Waals surface area contributed by atoms with Crippen molar-refractivity contribution in [2.75, 3.05) is 11.9 Å². The van der Waals surface area contributed by atoms with E-state index in [1.54, 1.807) is 17.4 Å². The number of quaternary nitrogens is 1. The Labute approximate surface area is 143 Å². The molecule has 2 aromatic rings. The molecule has 0 aliphatic carbocycles. The average Bonchev–Trinajstić information content (AvgIpc) is 2.57. The molecule has 1 atom stereocenters. The minimum atomic E-state index is -1.63. The maximum atomic E-state index is 13.6. The lowest BCUT2D eigenvalue weighted by molar-refractivity contribution is -0.692. The van der Waals surface area contributed by atoms with Crippen LogP contribution in [0.15, 0.2) is 36.4 Å². The first-order valence-corrected chi connectivity index (χ1v) is 7.81. The zero-order valence-electron chi connectivity index (χ0n) is 13.8. The SMILES string of the molecule is CC(C)[C@@H]([NH2+]CC(=O)Nc1ccc(F)c(F)c1F)c1ccc(F)cc1. The number of halogens is 4. The highest BCUT2D eigenvalue weighted by molar-refractivity contribution is 5.91. The fourth-order valence-electron chi connectivity index (χ4n) is 2.54. The molecule has 3 nitrogen and oxygen atoms in total. The Morgan fingerprint density at radius 2 is 1.64 bits per heavy atom. The van der Waals surface area contributed by atoms with Gasteiger partial charge in [-0.15, -0.1) is 0 Å². The second-order valence-corrected chi connectivity index (χ2v) is 6.03. The Morgan fingerprint density at radius 1 is 1.00 bits per heavy atom. The van der Waals surface area contributed by atoms with Crippen molar-refractivity contribution in [2.24, 2.45) is 5.92 Å². The van der Waals surface area contributed by atoms with E-state index in [2.05, 4.69) is 5.32 Å². The Hall–Kier alpha value is -2.41. The van der Waals surface area contributed by atoms with E-state index in [0.29, 0.717) is 0 Å². The number of carbonyl (C=O) groups is 1. The van der Waals surface area contributed by atoms with Crippen LogP contribution in [0.4, 0.5) is 23.2 Å². The van der Waals surface area contributed by atoms with E-state index in [-0.39, 0.29) is 24.3 Å². The number of nitrogens with two attached hydrogens (primary N) is 1. The molecular formula is C18H19F4N2O+. The molecule has 0 fully saturated rings. The quantitative estimate of drug-likeness (QED) is 0.607. The molecule has 0 unspecified atom stereocenters. The van der Waals surface area contributed by atoms with Gasteiger partial charge in [-0.05, 0) is 24.3 Å². The Bertz CT molecular complexity index is 747. The minimum Gasteiger partial charge on any atom is -0.332 e. The smallest absolute Gasteiger partial charge is 0.279 e. The molecule has 2 aromatic carbocycles. The van der Waals surface area contributed by atoms with Gasteiger partial charge >= 0.3 is 0 Å². The highest BCUT2D eigenvalue weighted by atomic mass is 19.2. The normalized spacial score (nSPS) is 12.3. The minimum absolute atomic E-state index is 0.0569. The molecule has 1 amide bonds. The molecule has 0 aromatic heterocycles. The van der Waals surface area contributed by atoms with E-state index >= 15 is 0 Å². The van der Waals surface area contributed by atoms with Crippen LogP contribution in [-0.2, 0) is 4.79 Å². The van der Waals surface area contributed by atoms with Crippen LogP contribution in [0.3, 0.4) is 0 Å². The highest BCUT2D eigenvalue weighted by Gasteiger charge is 2.21. The van der Waals surface area contributed by atoms with Crippen LogP contribution in [-0.4, -0.2) is 12.5 Å². The van der Waals surface area contributed by atoms with Gasteiger partial charge in [-0.1, -0.05) is 26.0 Å². The first-order valence-electron chi connectivity index (χ1n) is 7.81. The molecule has 0 heterocycles. The predicted octanol–water partition coefficient (Wildman–Crippen LogP) is 3.14. The van der Waals surface area contributed by atoms with Gasteiger partial charge in [0.25, 0.3) is 5.91 Å². The summed E-state index contributed by atoms with van der Waals surface area (Å²) in [4.78, 5) is 12.0. The summed E-state index contributed by atoms with van der Waals surface area (Å²) in [6, 6.07) is 7.57. The number of carbonyl (C=O) groups excluding carboxylic acids is 1. The van der Waals surface area contributed by atoms with Gasteiger partial charge < -0.3 is 10.6 Å². The molecule has 0 spiro atoms. The molecule has 7 heteroatoms. The summed E-state index contributed by atoms with van der Waals surface area (Å²) in [5.41, 5.74) is 0.434. The van der Waals surface area contributed by atoms with E-state index in [1.165, 1.54) is 12.1 Å². The van der Waals surface area contributed by atoms with Crippen LogP contribution >= 0.6 is 0 Å². The zero-order valence-corrected chi connectivity index (χ0v) is 13.8. The average molecular weight is 355 g/mol. The van der Waals surface area contributed by atoms with Gasteiger partial charge in [-0.2, -0.15) is 0 Å². The highest BCUT2D eigenvalue weighted by Crippen LogP contribution is 2.20. The van der Waals surface area contributed by atoms with Gasteiger partial charge in [-0.25, -0.2) is 17.6 Å². The second kappa shape index (κ2) is 8.11. The molecule has 25 heavy (non-hydrogen) atoms. The third-order valence-electron chi connectivity index (χ3n) is 3.84. The first-order chi connectivity index (χ1) is 11.8. The number of hydrogen-bond donors (Lipinski definition) is 2. The van der Waals surface area contributed by atoms with E-state index in [4.69, 9.17) is 0 Å². The summed E-state index contributed by atoms with van der Waals surface area (Å²) in [6.07, 6.45) is 0. The summed E-state index contributed by atoms with van der Waals surface area (Å²) < 4.78 is 52.7. The number of hydrogen-bond acceptors (Lipinski definition) is 1. The van der Waals surface area contributed by atoms with Crippen molar-refractivity contribution in [2.45, 2.75) is 19.9 Å². The summed E-state index contributed by atoms with van der Waals surface area (Å²) in [5, 5.41) is 3.95. The van der Waals surface area contributed by atoms with Gasteiger partial charge in [0.1, 0.15) is 11.9 Å². The fraction of sp³-hybridized carbons (Fsp3) is 0.278. The molecule has 0 radical (unpaired) electrons. The van der Waals surface area contributed by atoms with Crippen molar-refractivity contribution in [3.63, 3.8) is 0 Å².